The van der Waals surface area contributed by atoms with Crippen LogP contribution in [0.3, 0.4) is 0 Å². The smallest absolute Gasteiger partial charge is 0.379 e. The molecule has 1 aliphatic heterocycles. The third kappa shape index (κ3) is 23.5. The van der Waals surface area contributed by atoms with E-state index in [1.165, 1.54) is 25.0 Å². The molecule has 4 amide bonds. The predicted octanol–water partition coefficient (Wildman–Crippen LogP) is 6.60. The average Bonchev–Trinajstić information content (AvgIpc) is 3.81. The van der Waals surface area contributed by atoms with Crippen LogP contribution in [0.15, 0.2) is 49.1 Å². The van der Waals surface area contributed by atoms with E-state index in [0.29, 0.717) is 102 Å². The Morgan fingerprint density at radius 3 is 2.16 bits per heavy atom. The second kappa shape index (κ2) is 36.6. The zero-order chi connectivity index (χ0) is 58.3. The lowest BCUT2D eigenvalue weighted by atomic mass is 9.87. The highest BCUT2D eigenvalue weighted by Crippen LogP contribution is 2.34. The summed E-state index contributed by atoms with van der Waals surface area (Å²) < 4.78 is 50.5. The van der Waals surface area contributed by atoms with Gasteiger partial charge in [0.25, 0.3) is 0 Å². The van der Waals surface area contributed by atoms with E-state index >= 15 is 0 Å². The van der Waals surface area contributed by atoms with E-state index in [0.717, 1.165) is 82.5 Å². The van der Waals surface area contributed by atoms with Crippen molar-refractivity contribution >= 4 is 53.4 Å². The van der Waals surface area contributed by atoms with Crippen molar-refractivity contribution in [3.8, 4) is 0 Å². The van der Waals surface area contributed by atoms with Crippen molar-refractivity contribution in [3.63, 3.8) is 0 Å². The zero-order valence-electron chi connectivity index (χ0n) is 47.9. The SMILES string of the molecule is CC(C)N(C)C1CCC(N2CCC(Nc3ncnc4ccc(C(F)(F)F)cc34)C2=O)CC1.CC(C)N(CCOCCOCCC(=O)NC1CCC(C=O)CC1)C(=O)CCCNC=O.CN.CN(C)C(CCC=O)c1cccnc1. The molecule has 0 bridgehead atoms. The van der Waals surface area contributed by atoms with E-state index < -0.39 is 17.8 Å². The molecule has 1 aromatic carbocycles. The third-order valence-electron chi connectivity index (χ3n) is 14.7. The molecule has 442 valence electrons. The number of nitrogens with two attached hydrogens (primary N) is 1. The molecule has 1 saturated heterocycles. The second-order valence-electron chi connectivity index (χ2n) is 20.8. The van der Waals surface area contributed by atoms with Gasteiger partial charge >= 0.3 is 6.18 Å². The lowest BCUT2D eigenvalue weighted by Crippen LogP contribution is -2.46. The number of nitrogens with zero attached hydrogens (tertiary/aromatic N) is 7. The van der Waals surface area contributed by atoms with E-state index in [-0.39, 0.29) is 59.0 Å². The summed E-state index contributed by atoms with van der Waals surface area (Å²) in [6.07, 6.45) is 13.9. The summed E-state index contributed by atoms with van der Waals surface area (Å²) in [5.74, 6) is 0.444. The second-order valence-corrected chi connectivity index (χ2v) is 20.8. The van der Waals surface area contributed by atoms with Crippen LogP contribution in [0, 0.1) is 5.92 Å². The minimum absolute atomic E-state index is 0.00408. The summed E-state index contributed by atoms with van der Waals surface area (Å²) >= 11 is 0. The van der Waals surface area contributed by atoms with Gasteiger partial charge in [0.15, 0.2) is 0 Å². The van der Waals surface area contributed by atoms with Gasteiger partial charge in [-0.2, -0.15) is 13.2 Å². The van der Waals surface area contributed by atoms with Gasteiger partial charge in [-0.3, -0.25) is 24.2 Å². The topological polar surface area (TPSA) is 235 Å². The van der Waals surface area contributed by atoms with Crippen molar-refractivity contribution in [2.45, 2.75) is 166 Å². The number of hydrogen-bond donors (Lipinski definition) is 4. The van der Waals surface area contributed by atoms with Crippen LogP contribution in [-0.4, -0.2) is 182 Å². The fraction of sp³-hybridized carbons (Fsp3) is 0.667. The number of pyridine rings is 1. The maximum Gasteiger partial charge on any atom is 0.416 e. The monoisotopic (exact) mass is 1110 g/mol. The summed E-state index contributed by atoms with van der Waals surface area (Å²) in [6, 6.07) is 8.68. The molecular formula is C57H90F3N11O8. The fourth-order valence-electron chi connectivity index (χ4n) is 10.00. The Kier molecular flexibility index (Phi) is 31.3. The van der Waals surface area contributed by atoms with Crippen LogP contribution in [0.4, 0.5) is 19.0 Å². The van der Waals surface area contributed by atoms with Crippen molar-refractivity contribution < 1.29 is 51.4 Å². The number of likely N-dealkylation sites (tertiary alicyclic amines) is 1. The first-order chi connectivity index (χ1) is 37.9. The van der Waals surface area contributed by atoms with E-state index in [2.05, 4.69) is 67.3 Å². The first-order valence-corrected chi connectivity index (χ1v) is 27.9. The number of ether oxygens (including phenoxy) is 2. The summed E-state index contributed by atoms with van der Waals surface area (Å²) in [6.45, 7) is 11.5. The molecule has 2 aliphatic carbocycles. The minimum Gasteiger partial charge on any atom is -0.379 e. The molecule has 0 spiro atoms. The van der Waals surface area contributed by atoms with Gasteiger partial charge < -0.3 is 60.3 Å². The molecule has 6 rings (SSSR count). The van der Waals surface area contributed by atoms with Crippen molar-refractivity contribution in [2.24, 2.45) is 11.7 Å². The van der Waals surface area contributed by atoms with Gasteiger partial charge in [0, 0.05) is 98.8 Å². The number of carbonyl (C=O) groups is 6. The Morgan fingerprint density at radius 2 is 1.57 bits per heavy atom. The van der Waals surface area contributed by atoms with Gasteiger partial charge in [0.05, 0.1) is 37.5 Å². The van der Waals surface area contributed by atoms with Crippen LogP contribution in [0.5, 0.6) is 0 Å². The molecule has 3 fully saturated rings. The highest BCUT2D eigenvalue weighted by Gasteiger charge is 2.39. The largest absolute Gasteiger partial charge is 0.416 e. The molecule has 2 saturated carbocycles. The Bertz CT molecular complexity index is 2250. The summed E-state index contributed by atoms with van der Waals surface area (Å²) in [7, 11) is 7.69. The number of alkyl halides is 3. The van der Waals surface area contributed by atoms with E-state index in [4.69, 9.17) is 9.47 Å². The maximum absolute atomic E-state index is 13.2. The summed E-state index contributed by atoms with van der Waals surface area (Å²) in [4.78, 5) is 89.2. The van der Waals surface area contributed by atoms with Crippen molar-refractivity contribution in [1.29, 1.82) is 0 Å². The van der Waals surface area contributed by atoms with Crippen LogP contribution in [-0.2, 0) is 44.4 Å². The molecule has 2 aromatic heterocycles. The molecule has 3 aliphatic rings. The Morgan fingerprint density at radius 1 is 0.873 bits per heavy atom. The van der Waals surface area contributed by atoms with Crippen LogP contribution >= 0.6 is 0 Å². The minimum atomic E-state index is -4.45. The quantitative estimate of drug-likeness (QED) is 0.0465. The average molecular weight is 1110 g/mol. The van der Waals surface area contributed by atoms with Crippen molar-refractivity contribution in [1.82, 2.24) is 45.2 Å². The predicted molar refractivity (Wildman–Crippen MR) is 300 cm³/mol. The number of aromatic nitrogens is 3. The van der Waals surface area contributed by atoms with Gasteiger partial charge in [-0.1, -0.05) is 6.07 Å². The van der Waals surface area contributed by atoms with Crippen LogP contribution < -0.4 is 21.7 Å². The number of hydrogen-bond acceptors (Lipinski definition) is 15. The van der Waals surface area contributed by atoms with Crippen molar-refractivity contribution in [2.75, 3.05) is 79.6 Å². The lowest BCUT2D eigenvalue weighted by Gasteiger charge is -2.39. The number of rotatable bonds is 27. The first-order valence-electron chi connectivity index (χ1n) is 27.9. The van der Waals surface area contributed by atoms with Crippen LogP contribution in [0.2, 0.25) is 0 Å². The molecule has 19 nitrogen and oxygen atoms in total. The molecule has 3 aromatic rings. The van der Waals surface area contributed by atoms with Gasteiger partial charge in [-0.05, 0) is 156 Å². The summed E-state index contributed by atoms with van der Waals surface area (Å²) in [5, 5.41) is 8.93. The van der Waals surface area contributed by atoms with E-state index in [1.807, 2.05) is 51.2 Å². The van der Waals surface area contributed by atoms with Crippen molar-refractivity contribution in [3.05, 3.63) is 60.2 Å². The number of nitrogens with one attached hydrogen (secondary N) is 3. The lowest BCUT2D eigenvalue weighted by molar-refractivity contribution is -0.137. The number of carbonyl (C=O) groups excluding carboxylic acids is 6. The molecule has 2 atom stereocenters. The van der Waals surface area contributed by atoms with Gasteiger partial charge in [-0.15, -0.1) is 0 Å². The first kappa shape index (κ1) is 67.6. The number of anilines is 1. The Labute approximate surface area is 466 Å². The van der Waals surface area contributed by atoms with E-state index in [9.17, 15) is 41.9 Å². The van der Waals surface area contributed by atoms with E-state index in [1.54, 1.807) is 11.1 Å². The highest BCUT2D eigenvalue weighted by atomic mass is 19.4. The fourth-order valence-corrected chi connectivity index (χ4v) is 10.00. The molecule has 2 unspecified atom stereocenters. The highest BCUT2D eigenvalue weighted by molar-refractivity contribution is 5.93. The number of aldehydes is 2. The molecule has 5 N–H and O–H groups in total. The Hall–Kier alpha value is -5.68. The van der Waals surface area contributed by atoms with Gasteiger partial charge in [0.2, 0.25) is 24.1 Å². The third-order valence-corrected chi connectivity index (χ3v) is 14.7. The molecule has 79 heavy (non-hydrogen) atoms. The van der Waals surface area contributed by atoms with Gasteiger partial charge in [-0.25, -0.2) is 9.97 Å². The maximum atomic E-state index is 13.2. The zero-order valence-corrected chi connectivity index (χ0v) is 47.9. The molecule has 22 heteroatoms. The number of amides is 4. The Balaban J connectivity index is 0.000000328. The summed E-state index contributed by atoms with van der Waals surface area (Å²) in [5.41, 5.74) is 5.31. The van der Waals surface area contributed by atoms with Gasteiger partial charge in [0.1, 0.15) is 30.8 Å². The van der Waals surface area contributed by atoms with Crippen LogP contribution in [0.1, 0.15) is 135 Å². The number of benzene rings is 1. The molecule has 3 heterocycles. The molecular weight excluding hydrogens is 1020 g/mol. The van der Waals surface area contributed by atoms with Crippen LogP contribution in [0.25, 0.3) is 10.9 Å². The standard InChI is InChI=1S/C23H30F3N5O.C22H39N3O6.C11H16N2O.CH5N/c1-14(2)30(3)16-5-7-17(8-6-16)31-11-10-20(22(31)32)29-21-18-12-15(23(24,25)26)4-9-19(18)27-13-28-21;1-18(2)25(22(29)4-3-10-23-17-27)11-13-31-15-14-30-12-9-21(28)24-20-7-5-19(16-26)6-8-20;1-13(2)11(6-4-8-14)10-5-3-7-12-9-10;1-2/h4,9,12-14,16-17,20H,5-8,10-11H2,1-3H3,(H,27,28,29);16-20H,3-15H2,1-2H3,(H,23,27)(H,24,28);3,5,7-9,11H,4,6H2,1-2H3;2H2,1H3. The molecule has 0 radical (unpaired) electrons. The number of halogens is 3. The normalized spacial score (nSPS) is 19.6. The number of fused-ring (bicyclic) bond motifs is 1.